The van der Waals surface area contributed by atoms with E-state index in [1.165, 1.54) is 6.07 Å². The van der Waals surface area contributed by atoms with Gasteiger partial charge < -0.3 is 59.5 Å². The zero-order chi connectivity index (χ0) is 28.6. The van der Waals surface area contributed by atoms with E-state index in [2.05, 4.69) is 0 Å². The lowest BCUT2D eigenvalue weighted by Crippen LogP contribution is -2.61. The molecule has 0 saturated carbocycles. The van der Waals surface area contributed by atoms with Crippen molar-refractivity contribution in [3.63, 3.8) is 0 Å². The summed E-state index contributed by atoms with van der Waals surface area (Å²) >= 11 is 0. The molecule has 2 heterocycles. The van der Waals surface area contributed by atoms with E-state index in [1.54, 1.807) is 0 Å². The number of hydrogen-bond donors (Lipinski definition) is 8. The number of esters is 1. The molecule has 4 rings (SSSR count). The molecule has 1 aromatic heterocycles. The first-order chi connectivity index (χ1) is 18.4. The summed E-state index contributed by atoms with van der Waals surface area (Å²) in [6, 6.07) is 5.07. The Morgan fingerprint density at radius 1 is 0.949 bits per heavy atom. The van der Waals surface area contributed by atoms with Gasteiger partial charge in [-0.2, -0.15) is 0 Å². The third kappa shape index (κ3) is 5.37. The predicted molar refractivity (Wildman–Crippen MR) is 125 cm³/mol. The molecule has 39 heavy (non-hydrogen) atoms. The minimum atomic E-state index is -1.99. The number of phenols is 4. The van der Waals surface area contributed by atoms with Crippen LogP contribution in [-0.2, 0) is 19.1 Å². The van der Waals surface area contributed by atoms with E-state index in [-0.39, 0.29) is 11.1 Å². The van der Waals surface area contributed by atoms with E-state index in [9.17, 15) is 50.1 Å². The molecular formula is C24H22O15. The first-order valence-corrected chi connectivity index (χ1v) is 11.2. The standard InChI is InChI=1S/C24H22O15/c25-7-14-18(33)20(35)23(38-16(32)6-15(30)31)24(37-14)39-22-19(34)17-12(29)4-9(26)5-13(17)36-21(22)8-1-2-10(27)11(28)3-8/h1-5,14,18,20,23-29,33,35H,6-7H2,(H,30,31)/t14-,18-,20+,23-,24+/m0/s1. The molecule has 2 aromatic carbocycles. The smallest absolute Gasteiger partial charge is 0.317 e. The molecule has 1 aliphatic heterocycles. The molecular weight excluding hydrogens is 528 g/mol. The number of hydrogen-bond acceptors (Lipinski definition) is 14. The number of aliphatic hydroxyl groups excluding tert-OH is 3. The minimum Gasteiger partial charge on any atom is -0.508 e. The zero-order valence-corrected chi connectivity index (χ0v) is 19.6. The lowest BCUT2D eigenvalue weighted by molar-refractivity contribution is -0.282. The van der Waals surface area contributed by atoms with E-state index in [1.807, 2.05) is 0 Å². The van der Waals surface area contributed by atoms with Crippen molar-refractivity contribution in [2.75, 3.05) is 6.61 Å². The van der Waals surface area contributed by atoms with Crippen molar-refractivity contribution in [2.45, 2.75) is 37.1 Å². The van der Waals surface area contributed by atoms with Crippen molar-refractivity contribution in [1.82, 2.24) is 0 Å². The molecule has 5 atom stereocenters. The van der Waals surface area contributed by atoms with Crippen LogP contribution in [0.3, 0.4) is 0 Å². The first kappa shape index (κ1) is 27.5. The van der Waals surface area contributed by atoms with Gasteiger partial charge in [0, 0.05) is 17.7 Å². The van der Waals surface area contributed by atoms with Crippen molar-refractivity contribution in [1.29, 1.82) is 0 Å². The molecule has 0 amide bonds. The number of benzene rings is 2. The highest BCUT2D eigenvalue weighted by Gasteiger charge is 2.48. The third-order valence-corrected chi connectivity index (χ3v) is 5.78. The van der Waals surface area contributed by atoms with Crippen LogP contribution in [0.25, 0.3) is 22.3 Å². The summed E-state index contributed by atoms with van der Waals surface area (Å²) < 4.78 is 21.7. The lowest BCUT2D eigenvalue weighted by atomic mass is 9.99. The number of aromatic hydroxyl groups is 4. The molecule has 15 nitrogen and oxygen atoms in total. The van der Waals surface area contributed by atoms with E-state index >= 15 is 0 Å². The second-order valence-electron chi connectivity index (χ2n) is 8.48. The Balaban J connectivity index is 1.88. The summed E-state index contributed by atoms with van der Waals surface area (Å²) in [6.07, 6.45) is -10.4. The predicted octanol–water partition coefficient (Wildman–Crippen LogP) is -0.513. The van der Waals surface area contributed by atoms with Crippen LogP contribution in [-0.4, -0.2) is 90.1 Å². The van der Waals surface area contributed by atoms with Gasteiger partial charge in [-0.25, -0.2) is 0 Å². The molecule has 1 fully saturated rings. The number of carboxylic acid groups (broad SMARTS) is 1. The molecule has 15 heteroatoms. The Morgan fingerprint density at radius 2 is 1.67 bits per heavy atom. The Labute approximate surface area is 216 Å². The van der Waals surface area contributed by atoms with Gasteiger partial charge in [0.1, 0.15) is 47.2 Å². The Hall–Kier alpha value is -4.57. The van der Waals surface area contributed by atoms with Crippen LogP contribution in [0.2, 0.25) is 0 Å². The maximum Gasteiger partial charge on any atom is 0.317 e. The highest BCUT2D eigenvalue weighted by molar-refractivity contribution is 5.90. The fourth-order valence-electron chi connectivity index (χ4n) is 3.94. The average molecular weight is 550 g/mol. The number of ether oxygens (including phenoxy) is 3. The first-order valence-electron chi connectivity index (χ1n) is 11.2. The van der Waals surface area contributed by atoms with Crippen molar-refractivity contribution in [3.8, 4) is 40.1 Å². The molecule has 1 saturated heterocycles. The molecule has 0 spiro atoms. The summed E-state index contributed by atoms with van der Waals surface area (Å²) in [4.78, 5) is 36.5. The average Bonchev–Trinajstić information content (AvgIpc) is 2.85. The van der Waals surface area contributed by atoms with Gasteiger partial charge in [0.05, 0.1) is 6.61 Å². The number of aliphatic carboxylic acids is 1. The SMILES string of the molecule is O=C(O)CC(=O)O[C@@H]1[C@@H](Oc2c(-c3ccc(O)c(O)c3)oc3cc(O)cc(O)c3c2=O)O[C@@H](CO)[C@H](O)[C@H]1O. The number of aliphatic hydroxyl groups is 3. The Morgan fingerprint density at radius 3 is 2.31 bits per heavy atom. The third-order valence-electron chi connectivity index (χ3n) is 5.78. The number of fused-ring (bicyclic) bond motifs is 1. The largest absolute Gasteiger partial charge is 0.508 e. The van der Waals surface area contributed by atoms with E-state index in [0.29, 0.717) is 0 Å². The van der Waals surface area contributed by atoms with Gasteiger partial charge in [-0.1, -0.05) is 0 Å². The van der Waals surface area contributed by atoms with E-state index < -0.39 is 101 Å². The quantitative estimate of drug-likeness (QED) is 0.105. The fraction of sp³-hybridized carbons (Fsp3) is 0.292. The van der Waals surface area contributed by atoms with Crippen LogP contribution in [0.15, 0.2) is 39.5 Å². The monoisotopic (exact) mass is 550 g/mol. The summed E-state index contributed by atoms with van der Waals surface area (Å²) in [6.45, 7) is -0.862. The molecule has 0 unspecified atom stereocenters. The second kappa shape index (κ2) is 10.7. The van der Waals surface area contributed by atoms with Crippen LogP contribution in [0.5, 0.6) is 28.7 Å². The number of carbonyl (C=O) groups excluding carboxylic acids is 1. The molecule has 0 radical (unpaired) electrons. The number of phenolic OH excluding ortho intramolecular Hbond substituents is 4. The number of carbonyl (C=O) groups is 2. The van der Waals surface area contributed by atoms with Crippen LogP contribution in [0.4, 0.5) is 0 Å². The van der Waals surface area contributed by atoms with Gasteiger partial charge in [0.25, 0.3) is 0 Å². The number of carboxylic acids is 1. The van der Waals surface area contributed by atoms with Crippen molar-refractivity contribution in [2.24, 2.45) is 0 Å². The van der Waals surface area contributed by atoms with Crippen molar-refractivity contribution < 1.29 is 69.1 Å². The maximum absolute atomic E-state index is 13.5. The van der Waals surface area contributed by atoms with E-state index in [4.69, 9.17) is 23.7 Å². The zero-order valence-electron chi connectivity index (χ0n) is 19.6. The highest BCUT2D eigenvalue weighted by atomic mass is 16.7. The van der Waals surface area contributed by atoms with Crippen molar-refractivity contribution in [3.05, 3.63) is 40.6 Å². The summed E-state index contributed by atoms with van der Waals surface area (Å²) in [7, 11) is 0. The van der Waals surface area contributed by atoms with Crippen LogP contribution < -0.4 is 10.2 Å². The Kier molecular flexibility index (Phi) is 7.51. The topological polar surface area (TPSA) is 254 Å². The van der Waals surface area contributed by atoms with Crippen LogP contribution >= 0.6 is 0 Å². The summed E-state index contributed by atoms with van der Waals surface area (Å²) in [5, 5.41) is 78.6. The van der Waals surface area contributed by atoms with Crippen LogP contribution in [0, 0.1) is 0 Å². The highest BCUT2D eigenvalue weighted by Crippen LogP contribution is 2.39. The molecule has 0 aliphatic carbocycles. The lowest BCUT2D eigenvalue weighted by Gasteiger charge is -2.41. The van der Waals surface area contributed by atoms with Gasteiger partial charge in [-0.15, -0.1) is 0 Å². The van der Waals surface area contributed by atoms with Gasteiger partial charge in [0.15, 0.2) is 23.4 Å². The summed E-state index contributed by atoms with van der Waals surface area (Å²) in [5.41, 5.74) is -1.47. The van der Waals surface area contributed by atoms with Crippen molar-refractivity contribution >= 4 is 22.9 Å². The van der Waals surface area contributed by atoms with Gasteiger partial charge >= 0.3 is 11.9 Å². The van der Waals surface area contributed by atoms with Crippen LogP contribution in [0.1, 0.15) is 6.42 Å². The molecule has 3 aromatic rings. The fourth-order valence-corrected chi connectivity index (χ4v) is 3.94. The molecule has 208 valence electrons. The maximum atomic E-state index is 13.5. The Bertz CT molecular complexity index is 1480. The minimum absolute atomic E-state index is 0.0725. The summed E-state index contributed by atoms with van der Waals surface area (Å²) in [5.74, 6) is -6.48. The number of rotatable bonds is 7. The van der Waals surface area contributed by atoms with E-state index in [0.717, 1.165) is 24.3 Å². The molecule has 1 aliphatic rings. The van der Waals surface area contributed by atoms with Gasteiger partial charge in [-0.05, 0) is 18.2 Å². The molecule has 8 N–H and O–H groups in total. The normalized spacial score (nSPS) is 22.9. The van der Waals surface area contributed by atoms with Gasteiger partial charge in [0.2, 0.25) is 17.5 Å². The molecule has 0 bridgehead atoms. The van der Waals surface area contributed by atoms with Gasteiger partial charge in [-0.3, -0.25) is 14.4 Å². The second-order valence-corrected chi connectivity index (χ2v) is 8.48.